The Kier molecular flexibility index (Phi) is 4.32. The average molecular weight is 271 g/mol. The molecule has 0 spiro atoms. The van der Waals surface area contributed by atoms with Crippen molar-refractivity contribution < 1.29 is 4.79 Å². The zero-order chi connectivity index (χ0) is 14.5. The molecule has 1 amide bonds. The molecule has 1 aromatic heterocycles. The monoisotopic (exact) mass is 271 g/mol. The first kappa shape index (κ1) is 14.0. The highest BCUT2D eigenvalue weighted by Crippen LogP contribution is 2.07. The Labute approximate surface area is 116 Å². The van der Waals surface area contributed by atoms with E-state index < -0.39 is 5.91 Å². The Morgan fingerprint density at radius 2 is 1.90 bits per heavy atom. The number of nitrogens with one attached hydrogen (secondary N) is 2. The van der Waals surface area contributed by atoms with Crippen molar-refractivity contribution in [2.24, 2.45) is 5.73 Å². The maximum atomic E-state index is 12.0. The topological polar surface area (TPSA) is 88.0 Å². The zero-order valence-corrected chi connectivity index (χ0v) is 11.3. The summed E-state index contributed by atoms with van der Waals surface area (Å²) in [5, 5.41) is 2.74. The second-order valence-corrected chi connectivity index (χ2v) is 4.54. The SMILES string of the molecule is Cc1ccc(C(=O)NCc2ccccc2CN)c(=O)[nH]1. The van der Waals surface area contributed by atoms with E-state index in [2.05, 4.69) is 10.3 Å². The van der Waals surface area contributed by atoms with Crippen LogP contribution in [0, 0.1) is 6.92 Å². The number of pyridine rings is 1. The van der Waals surface area contributed by atoms with Gasteiger partial charge in [-0.2, -0.15) is 0 Å². The number of benzene rings is 1. The van der Waals surface area contributed by atoms with Crippen molar-refractivity contribution in [3.05, 3.63) is 69.1 Å². The van der Waals surface area contributed by atoms with Crippen molar-refractivity contribution in [2.75, 3.05) is 0 Å². The van der Waals surface area contributed by atoms with Crippen molar-refractivity contribution in [1.29, 1.82) is 0 Å². The van der Waals surface area contributed by atoms with E-state index in [1.807, 2.05) is 24.3 Å². The minimum atomic E-state index is -0.391. The number of hydrogen-bond acceptors (Lipinski definition) is 3. The van der Waals surface area contributed by atoms with Gasteiger partial charge < -0.3 is 16.0 Å². The molecule has 1 heterocycles. The Morgan fingerprint density at radius 3 is 2.55 bits per heavy atom. The molecule has 0 aliphatic carbocycles. The molecule has 1 aromatic carbocycles. The fourth-order valence-electron chi connectivity index (χ4n) is 1.95. The average Bonchev–Trinajstić information content (AvgIpc) is 2.45. The Morgan fingerprint density at radius 1 is 1.20 bits per heavy atom. The molecule has 104 valence electrons. The van der Waals surface area contributed by atoms with Crippen LogP contribution in [0.5, 0.6) is 0 Å². The van der Waals surface area contributed by atoms with Gasteiger partial charge in [-0.15, -0.1) is 0 Å². The lowest BCUT2D eigenvalue weighted by atomic mass is 10.1. The lowest BCUT2D eigenvalue weighted by Crippen LogP contribution is -2.29. The smallest absolute Gasteiger partial charge is 0.260 e. The minimum absolute atomic E-state index is 0.112. The molecule has 0 aliphatic rings. The number of rotatable bonds is 4. The molecule has 20 heavy (non-hydrogen) atoms. The van der Waals surface area contributed by atoms with Crippen LogP contribution in [0.2, 0.25) is 0 Å². The predicted octanol–water partition coefficient (Wildman–Crippen LogP) is 1.07. The van der Waals surface area contributed by atoms with E-state index >= 15 is 0 Å². The molecule has 5 nitrogen and oxygen atoms in total. The standard InChI is InChI=1S/C15H17N3O2/c1-10-6-7-13(15(20)18-10)14(19)17-9-12-5-3-2-4-11(12)8-16/h2-7H,8-9,16H2,1H3,(H,17,19)(H,18,20). The van der Waals surface area contributed by atoms with Gasteiger partial charge in [0.1, 0.15) is 5.56 Å². The maximum Gasteiger partial charge on any atom is 0.260 e. The van der Waals surface area contributed by atoms with E-state index in [-0.39, 0.29) is 11.1 Å². The highest BCUT2D eigenvalue weighted by Gasteiger charge is 2.10. The molecule has 0 bridgehead atoms. The number of aromatic nitrogens is 1. The van der Waals surface area contributed by atoms with Crippen LogP contribution in [0.15, 0.2) is 41.2 Å². The number of carbonyl (C=O) groups excluding carboxylic acids is 1. The molecule has 2 aromatic rings. The van der Waals surface area contributed by atoms with E-state index in [0.29, 0.717) is 13.1 Å². The van der Waals surface area contributed by atoms with Crippen LogP contribution in [0.1, 0.15) is 27.2 Å². The summed E-state index contributed by atoms with van der Waals surface area (Å²) in [5.41, 5.74) is 8.02. The first-order chi connectivity index (χ1) is 9.61. The Bertz CT molecular complexity index is 677. The molecule has 5 heteroatoms. The van der Waals surface area contributed by atoms with E-state index in [9.17, 15) is 9.59 Å². The molecule has 0 radical (unpaired) electrons. The summed E-state index contributed by atoms with van der Waals surface area (Å²) in [7, 11) is 0. The maximum absolute atomic E-state index is 12.0. The quantitative estimate of drug-likeness (QED) is 0.777. The van der Waals surface area contributed by atoms with Gasteiger partial charge in [0.2, 0.25) is 0 Å². The molecule has 0 atom stereocenters. The first-order valence-electron chi connectivity index (χ1n) is 6.37. The number of aromatic amines is 1. The largest absolute Gasteiger partial charge is 0.348 e. The highest BCUT2D eigenvalue weighted by molar-refractivity contribution is 5.93. The first-order valence-corrected chi connectivity index (χ1v) is 6.37. The normalized spacial score (nSPS) is 10.3. The van der Waals surface area contributed by atoms with Crippen LogP contribution in [0.25, 0.3) is 0 Å². The second-order valence-electron chi connectivity index (χ2n) is 4.54. The van der Waals surface area contributed by atoms with Crippen LogP contribution in [0.3, 0.4) is 0 Å². The molecular formula is C15H17N3O2. The molecule has 0 saturated heterocycles. The molecule has 0 saturated carbocycles. The minimum Gasteiger partial charge on any atom is -0.348 e. The molecule has 0 aliphatic heterocycles. The fraction of sp³-hybridized carbons (Fsp3) is 0.200. The van der Waals surface area contributed by atoms with Crippen molar-refractivity contribution in [3.8, 4) is 0 Å². The van der Waals surface area contributed by atoms with E-state index in [4.69, 9.17) is 5.73 Å². The molecule has 0 unspecified atom stereocenters. The van der Waals surface area contributed by atoms with Crippen LogP contribution in [-0.4, -0.2) is 10.9 Å². The fourth-order valence-corrected chi connectivity index (χ4v) is 1.95. The second kappa shape index (κ2) is 6.16. The van der Waals surface area contributed by atoms with Gasteiger partial charge >= 0.3 is 0 Å². The van der Waals surface area contributed by atoms with E-state index in [0.717, 1.165) is 16.8 Å². The van der Waals surface area contributed by atoms with Gasteiger partial charge in [-0.3, -0.25) is 9.59 Å². The van der Waals surface area contributed by atoms with Crippen molar-refractivity contribution in [3.63, 3.8) is 0 Å². The Balaban J connectivity index is 2.11. The molecule has 2 rings (SSSR count). The summed E-state index contributed by atoms with van der Waals surface area (Å²) >= 11 is 0. The number of amides is 1. The third-order valence-corrected chi connectivity index (χ3v) is 3.08. The van der Waals surface area contributed by atoms with Gasteiger partial charge in [-0.05, 0) is 30.2 Å². The summed E-state index contributed by atoms with van der Waals surface area (Å²) in [6.45, 7) is 2.53. The lowest BCUT2D eigenvalue weighted by Gasteiger charge is -2.09. The van der Waals surface area contributed by atoms with Gasteiger partial charge in [0.05, 0.1) is 0 Å². The zero-order valence-electron chi connectivity index (χ0n) is 11.3. The lowest BCUT2D eigenvalue weighted by molar-refractivity contribution is 0.0949. The van der Waals surface area contributed by atoms with Gasteiger partial charge in [-0.25, -0.2) is 0 Å². The highest BCUT2D eigenvalue weighted by atomic mass is 16.2. The van der Waals surface area contributed by atoms with E-state index in [1.165, 1.54) is 6.07 Å². The van der Waals surface area contributed by atoms with Gasteiger partial charge in [-0.1, -0.05) is 24.3 Å². The Hall–Kier alpha value is -2.40. The summed E-state index contributed by atoms with van der Waals surface area (Å²) in [6, 6.07) is 10.8. The summed E-state index contributed by atoms with van der Waals surface area (Å²) in [5.74, 6) is -0.391. The van der Waals surface area contributed by atoms with Crippen LogP contribution >= 0.6 is 0 Å². The molecule has 4 N–H and O–H groups in total. The number of H-pyrrole nitrogens is 1. The number of carbonyl (C=O) groups is 1. The summed E-state index contributed by atoms with van der Waals surface area (Å²) in [4.78, 5) is 26.3. The summed E-state index contributed by atoms with van der Waals surface area (Å²) in [6.07, 6.45) is 0. The third kappa shape index (κ3) is 3.13. The van der Waals surface area contributed by atoms with Crippen molar-refractivity contribution in [1.82, 2.24) is 10.3 Å². The number of nitrogens with two attached hydrogens (primary N) is 1. The van der Waals surface area contributed by atoms with Crippen LogP contribution in [0.4, 0.5) is 0 Å². The van der Waals surface area contributed by atoms with Gasteiger partial charge in [0, 0.05) is 18.8 Å². The third-order valence-electron chi connectivity index (χ3n) is 3.08. The van der Waals surface area contributed by atoms with Crippen molar-refractivity contribution >= 4 is 5.91 Å². The van der Waals surface area contributed by atoms with E-state index in [1.54, 1.807) is 13.0 Å². The van der Waals surface area contributed by atoms with Crippen LogP contribution < -0.4 is 16.6 Å². The van der Waals surface area contributed by atoms with Gasteiger partial charge in [0.25, 0.3) is 11.5 Å². The molecule has 0 fully saturated rings. The number of hydrogen-bond donors (Lipinski definition) is 3. The summed E-state index contributed by atoms with van der Waals surface area (Å²) < 4.78 is 0. The predicted molar refractivity (Wildman–Crippen MR) is 77.3 cm³/mol. The van der Waals surface area contributed by atoms with Crippen LogP contribution in [-0.2, 0) is 13.1 Å². The molecular weight excluding hydrogens is 254 g/mol. The van der Waals surface area contributed by atoms with Crippen molar-refractivity contribution in [2.45, 2.75) is 20.0 Å². The van der Waals surface area contributed by atoms with Gasteiger partial charge in [0.15, 0.2) is 0 Å². The number of aryl methyl sites for hydroxylation is 1.